The first-order chi connectivity index (χ1) is 11.6. The molecule has 24 heavy (non-hydrogen) atoms. The fraction of sp³-hybridized carbons (Fsp3) is 0.0588. The Morgan fingerprint density at radius 2 is 1.79 bits per heavy atom. The number of hydrogen-bond acceptors (Lipinski definition) is 3. The highest BCUT2D eigenvalue weighted by Gasteiger charge is 2.07. The zero-order valence-electron chi connectivity index (χ0n) is 12.5. The molecule has 0 radical (unpaired) electrons. The molecular formula is C17H13Cl3N4. The van der Waals surface area contributed by atoms with Crippen LogP contribution in [0.25, 0.3) is 0 Å². The Labute approximate surface area is 154 Å². The average molecular weight is 380 g/mol. The van der Waals surface area contributed by atoms with Gasteiger partial charge in [-0.1, -0.05) is 46.9 Å². The maximum absolute atomic E-state index is 6.17. The summed E-state index contributed by atoms with van der Waals surface area (Å²) < 4.78 is 1.93. The van der Waals surface area contributed by atoms with E-state index < -0.39 is 0 Å². The van der Waals surface area contributed by atoms with Gasteiger partial charge in [0, 0.05) is 22.4 Å². The number of rotatable bonds is 5. The Balaban J connectivity index is 1.89. The largest absolute Gasteiger partial charge is 0.331 e. The number of hydrazone groups is 1. The van der Waals surface area contributed by atoms with Crippen molar-refractivity contribution in [3.05, 3.63) is 81.8 Å². The lowest BCUT2D eigenvalue weighted by atomic mass is 10.1. The lowest BCUT2D eigenvalue weighted by Crippen LogP contribution is -2.12. The van der Waals surface area contributed by atoms with E-state index in [1.165, 1.54) is 0 Å². The van der Waals surface area contributed by atoms with Crippen LogP contribution in [0, 0.1) is 0 Å². The molecule has 7 heteroatoms. The summed E-state index contributed by atoms with van der Waals surface area (Å²) in [6, 6.07) is 12.7. The lowest BCUT2D eigenvalue weighted by molar-refractivity contribution is 0.848. The van der Waals surface area contributed by atoms with Gasteiger partial charge in [-0.2, -0.15) is 5.10 Å². The fourth-order valence-corrected chi connectivity index (χ4v) is 2.67. The average Bonchev–Trinajstić information content (AvgIpc) is 3.07. The van der Waals surface area contributed by atoms with Gasteiger partial charge in [-0.15, -0.1) is 0 Å². The zero-order chi connectivity index (χ0) is 16.9. The molecule has 0 atom stereocenters. The predicted molar refractivity (Wildman–Crippen MR) is 100 cm³/mol. The molecule has 1 heterocycles. The number of halogens is 3. The number of nitrogens with zero attached hydrogens (tertiary/aromatic N) is 3. The van der Waals surface area contributed by atoms with Gasteiger partial charge in [0.2, 0.25) is 0 Å². The molecule has 3 rings (SSSR count). The molecule has 4 nitrogen and oxygen atoms in total. The van der Waals surface area contributed by atoms with Crippen LogP contribution in [0.3, 0.4) is 0 Å². The van der Waals surface area contributed by atoms with Gasteiger partial charge in [0.1, 0.15) is 0 Å². The monoisotopic (exact) mass is 378 g/mol. The van der Waals surface area contributed by atoms with Crippen molar-refractivity contribution in [2.75, 3.05) is 5.43 Å². The molecular weight excluding hydrogens is 367 g/mol. The molecule has 0 fully saturated rings. The molecule has 1 N–H and O–H groups in total. The summed E-state index contributed by atoms with van der Waals surface area (Å²) in [7, 11) is 0. The van der Waals surface area contributed by atoms with Gasteiger partial charge in [0.25, 0.3) is 0 Å². The van der Waals surface area contributed by atoms with Crippen LogP contribution in [0.2, 0.25) is 15.1 Å². The molecule has 3 aromatic rings. The summed E-state index contributed by atoms with van der Waals surface area (Å²) in [5.74, 6) is 0. The zero-order valence-corrected chi connectivity index (χ0v) is 14.7. The summed E-state index contributed by atoms with van der Waals surface area (Å²) in [6.45, 7) is 0.555. The second-order valence-corrected chi connectivity index (χ2v) is 6.32. The van der Waals surface area contributed by atoms with Crippen molar-refractivity contribution >= 4 is 46.2 Å². The molecule has 0 aliphatic rings. The molecule has 0 aliphatic carbocycles. The molecule has 0 aliphatic heterocycles. The van der Waals surface area contributed by atoms with E-state index in [1.54, 1.807) is 30.7 Å². The normalized spacial score (nSPS) is 11.5. The lowest BCUT2D eigenvalue weighted by Gasteiger charge is -2.10. The van der Waals surface area contributed by atoms with Gasteiger partial charge < -0.3 is 4.57 Å². The van der Waals surface area contributed by atoms with Crippen molar-refractivity contribution in [2.24, 2.45) is 5.10 Å². The Hall–Kier alpha value is -2.01. The number of hydrogen-bond donors (Lipinski definition) is 1. The van der Waals surface area contributed by atoms with Gasteiger partial charge in [-0.05, 0) is 35.9 Å². The first-order valence-electron chi connectivity index (χ1n) is 7.11. The highest BCUT2D eigenvalue weighted by atomic mass is 35.5. The summed E-state index contributed by atoms with van der Waals surface area (Å²) in [5, 5.41) is 6.26. The van der Waals surface area contributed by atoms with Crippen molar-refractivity contribution in [3.8, 4) is 0 Å². The van der Waals surface area contributed by atoms with Crippen LogP contribution in [0.4, 0.5) is 5.69 Å². The highest BCUT2D eigenvalue weighted by Crippen LogP contribution is 2.25. The van der Waals surface area contributed by atoms with E-state index >= 15 is 0 Å². The number of anilines is 1. The minimum atomic E-state index is 0.504. The van der Waals surface area contributed by atoms with E-state index in [1.807, 2.05) is 35.0 Å². The molecule has 0 saturated heterocycles. The van der Waals surface area contributed by atoms with E-state index in [0.717, 1.165) is 11.3 Å². The summed E-state index contributed by atoms with van der Waals surface area (Å²) in [5.41, 5.74) is 5.44. The maximum Gasteiger partial charge on any atom is 0.0949 e. The third kappa shape index (κ3) is 4.29. The fourth-order valence-electron chi connectivity index (χ4n) is 2.09. The van der Waals surface area contributed by atoms with E-state index in [9.17, 15) is 0 Å². The van der Waals surface area contributed by atoms with E-state index in [4.69, 9.17) is 34.8 Å². The smallest absolute Gasteiger partial charge is 0.0949 e. The molecule has 2 aromatic carbocycles. The third-order valence-electron chi connectivity index (χ3n) is 3.31. The quantitative estimate of drug-likeness (QED) is 0.479. The Kier molecular flexibility index (Phi) is 5.41. The van der Waals surface area contributed by atoms with E-state index in [-0.39, 0.29) is 0 Å². The van der Waals surface area contributed by atoms with E-state index in [0.29, 0.717) is 27.3 Å². The van der Waals surface area contributed by atoms with E-state index in [2.05, 4.69) is 15.5 Å². The molecule has 0 unspecified atom stereocenters. The first-order valence-corrected chi connectivity index (χ1v) is 8.24. The predicted octanol–water partition coefficient (Wildman–Crippen LogP) is 5.36. The van der Waals surface area contributed by atoms with Crippen LogP contribution >= 0.6 is 34.8 Å². The second-order valence-electron chi connectivity index (χ2n) is 5.04. The van der Waals surface area contributed by atoms with Crippen LogP contribution in [0.5, 0.6) is 0 Å². The maximum atomic E-state index is 6.17. The van der Waals surface area contributed by atoms with Gasteiger partial charge in [-0.3, -0.25) is 5.43 Å². The van der Waals surface area contributed by atoms with Crippen LogP contribution in [-0.2, 0) is 6.54 Å². The molecule has 0 amide bonds. The topological polar surface area (TPSA) is 42.2 Å². The number of benzene rings is 2. The van der Waals surface area contributed by atoms with Gasteiger partial charge in [-0.25, -0.2) is 4.98 Å². The van der Waals surface area contributed by atoms with Crippen molar-refractivity contribution in [3.63, 3.8) is 0 Å². The number of aromatic nitrogens is 2. The molecule has 0 saturated carbocycles. The molecule has 1 aromatic heterocycles. The SMILES string of the molecule is Clc1ccc(/C(Cn2ccnc2)=N\Nc2ccc(Cl)cc2Cl)cc1. The molecule has 122 valence electrons. The first kappa shape index (κ1) is 16.8. The van der Waals surface area contributed by atoms with Crippen LogP contribution in [0.1, 0.15) is 5.56 Å². The van der Waals surface area contributed by atoms with Crippen molar-refractivity contribution in [1.82, 2.24) is 9.55 Å². The number of imidazole rings is 1. The van der Waals surface area contributed by atoms with Gasteiger partial charge >= 0.3 is 0 Å². The van der Waals surface area contributed by atoms with Crippen molar-refractivity contribution in [2.45, 2.75) is 6.54 Å². The highest BCUT2D eigenvalue weighted by molar-refractivity contribution is 6.36. The second kappa shape index (κ2) is 7.71. The minimum absolute atomic E-state index is 0.504. The molecule has 0 spiro atoms. The summed E-state index contributed by atoms with van der Waals surface area (Å²) >= 11 is 18.1. The van der Waals surface area contributed by atoms with Gasteiger partial charge in [0.05, 0.1) is 29.3 Å². The molecule has 0 bridgehead atoms. The van der Waals surface area contributed by atoms with Crippen LogP contribution in [-0.4, -0.2) is 15.3 Å². The Bertz CT molecular complexity index is 843. The Morgan fingerprint density at radius 3 is 2.46 bits per heavy atom. The summed E-state index contributed by atoms with van der Waals surface area (Å²) in [6.07, 6.45) is 5.34. The van der Waals surface area contributed by atoms with Crippen LogP contribution in [0.15, 0.2) is 66.3 Å². The Morgan fingerprint density at radius 1 is 1.04 bits per heavy atom. The van der Waals surface area contributed by atoms with Crippen molar-refractivity contribution in [1.29, 1.82) is 0 Å². The standard InChI is InChI=1S/C17H13Cl3N4/c18-13-3-1-12(2-4-13)17(10-24-8-7-21-11-24)23-22-16-6-5-14(19)9-15(16)20/h1-9,11,22H,10H2/b23-17-. The van der Waals surface area contributed by atoms with Crippen LogP contribution < -0.4 is 5.43 Å². The number of nitrogens with one attached hydrogen (secondary N) is 1. The summed E-state index contributed by atoms with van der Waals surface area (Å²) in [4.78, 5) is 4.06. The van der Waals surface area contributed by atoms with Gasteiger partial charge in [0.15, 0.2) is 0 Å². The minimum Gasteiger partial charge on any atom is -0.331 e. The third-order valence-corrected chi connectivity index (χ3v) is 4.11. The van der Waals surface area contributed by atoms with Crippen molar-refractivity contribution < 1.29 is 0 Å².